The summed E-state index contributed by atoms with van der Waals surface area (Å²) in [6, 6.07) is 15.7. The monoisotopic (exact) mass is 346 g/mol. The van der Waals surface area contributed by atoms with Crippen molar-refractivity contribution in [3.8, 4) is 11.1 Å². The molecular weight excluding hydrogens is 328 g/mol. The van der Waals surface area contributed by atoms with Crippen LogP contribution >= 0.6 is 15.9 Å². The lowest BCUT2D eigenvalue weighted by atomic mass is 9.98. The van der Waals surface area contributed by atoms with Crippen LogP contribution in [-0.4, -0.2) is 11.6 Å². The van der Waals surface area contributed by atoms with Gasteiger partial charge in [-0.3, -0.25) is 0 Å². The lowest BCUT2D eigenvalue weighted by Crippen LogP contribution is -2.24. The minimum atomic E-state index is -0.498. The molecular formula is C18H19BrO2. The molecule has 0 aliphatic carbocycles. The quantitative estimate of drug-likeness (QED) is 0.563. The van der Waals surface area contributed by atoms with Crippen molar-refractivity contribution in [2.75, 3.05) is 0 Å². The van der Waals surface area contributed by atoms with Gasteiger partial charge in [0.15, 0.2) is 0 Å². The van der Waals surface area contributed by atoms with E-state index in [-0.39, 0.29) is 5.97 Å². The first kappa shape index (κ1) is 15.8. The first-order valence-corrected chi connectivity index (χ1v) is 8.00. The zero-order chi connectivity index (χ0) is 15.5. The topological polar surface area (TPSA) is 26.3 Å². The Morgan fingerprint density at radius 3 is 2.48 bits per heavy atom. The highest BCUT2D eigenvalue weighted by atomic mass is 79.9. The van der Waals surface area contributed by atoms with E-state index in [2.05, 4.69) is 22.0 Å². The second-order valence-corrected chi connectivity index (χ2v) is 6.44. The van der Waals surface area contributed by atoms with Crippen LogP contribution in [0.4, 0.5) is 0 Å². The van der Waals surface area contributed by atoms with E-state index in [9.17, 15) is 4.79 Å². The highest BCUT2D eigenvalue weighted by Gasteiger charge is 2.20. The molecule has 0 fully saturated rings. The van der Waals surface area contributed by atoms with Gasteiger partial charge in [0.1, 0.15) is 5.60 Å². The van der Waals surface area contributed by atoms with Crippen molar-refractivity contribution in [1.82, 2.24) is 0 Å². The summed E-state index contributed by atoms with van der Waals surface area (Å²) in [5.41, 5.74) is 3.19. The number of ether oxygens (including phenoxy) is 1. The first-order valence-electron chi connectivity index (χ1n) is 6.88. The summed E-state index contributed by atoms with van der Waals surface area (Å²) >= 11 is 3.46. The van der Waals surface area contributed by atoms with Crippen LogP contribution in [-0.2, 0) is 10.1 Å². The van der Waals surface area contributed by atoms with E-state index in [1.165, 1.54) is 5.56 Å². The summed E-state index contributed by atoms with van der Waals surface area (Å²) in [5.74, 6) is -0.289. The first-order chi connectivity index (χ1) is 9.90. The van der Waals surface area contributed by atoms with Crippen LogP contribution < -0.4 is 0 Å². The third kappa shape index (κ3) is 4.18. The normalized spacial score (nSPS) is 11.2. The molecule has 2 aromatic carbocycles. The Labute approximate surface area is 134 Å². The molecule has 21 heavy (non-hydrogen) atoms. The summed E-state index contributed by atoms with van der Waals surface area (Å²) in [5, 5.41) is 0.787. The molecule has 0 saturated heterocycles. The number of hydrogen-bond donors (Lipinski definition) is 0. The van der Waals surface area contributed by atoms with Crippen molar-refractivity contribution in [3.05, 3.63) is 59.7 Å². The zero-order valence-electron chi connectivity index (χ0n) is 12.5. The van der Waals surface area contributed by atoms with E-state index in [1.807, 2.05) is 63.2 Å². The van der Waals surface area contributed by atoms with Crippen molar-refractivity contribution < 1.29 is 9.53 Å². The lowest BCUT2D eigenvalue weighted by Gasteiger charge is -2.20. The zero-order valence-corrected chi connectivity index (χ0v) is 14.1. The summed E-state index contributed by atoms with van der Waals surface area (Å²) < 4.78 is 5.49. The van der Waals surface area contributed by atoms with Gasteiger partial charge >= 0.3 is 5.97 Å². The number of rotatable bonds is 3. The summed E-state index contributed by atoms with van der Waals surface area (Å²) in [4.78, 5) is 12.4. The van der Waals surface area contributed by atoms with E-state index >= 15 is 0 Å². The minimum absolute atomic E-state index is 0.289. The number of alkyl halides is 1. The van der Waals surface area contributed by atoms with Crippen LogP contribution in [0.5, 0.6) is 0 Å². The number of carbonyl (C=O) groups excluding carboxylic acids is 1. The molecule has 0 amide bonds. The third-order valence-corrected chi connectivity index (χ3v) is 3.59. The fourth-order valence-corrected chi connectivity index (χ4v) is 2.42. The molecule has 2 nitrogen and oxygen atoms in total. The number of halogens is 1. The average molecular weight is 347 g/mol. The lowest BCUT2D eigenvalue weighted by molar-refractivity contribution is 0.00705. The Morgan fingerprint density at radius 2 is 1.81 bits per heavy atom. The number of hydrogen-bond acceptors (Lipinski definition) is 2. The SMILES string of the molecule is CC(C)(C)OC(=O)c1ccccc1-c1cccc(CBr)c1. The highest BCUT2D eigenvalue weighted by Crippen LogP contribution is 2.26. The Bertz CT molecular complexity index is 642. The Kier molecular flexibility index (Phi) is 4.84. The van der Waals surface area contributed by atoms with E-state index in [0.717, 1.165) is 16.5 Å². The Hall–Kier alpha value is -1.61. The van der Waals surface area contributed by atoms with E-state index in [4.69, 9.17) is 4.74 Å². The second-order valence-electron chi connectivity index (χ2n) is 5.88. The molecule has 0 atom stereocenters. The molecule has 110 valence electrons. The molecule has 0 aromatic heterocycles. The molecule has 0 saturated carbocycles. The van der Waals surface area contributed by atoms with Gasteiger partial charge in [0, 0.05) is 5.33 Å². The molecule has 0 aliphatic heterocycles. The van der Waals surface area contributed by atoms with Gasteiger partial charge in [-0.2, -0.15) is 0 Å². The largest absolute Gasteiger partial charge is 0.456 e. The van der Waals surface area contributed by atoms with Crippen molar-refractivity contribution in [2.45, 2.75) is 31.7 Å². The molecule has 0 bridgehead atoms. The predicted molar refractivity (Wildman–Crippen MR) is 89.7 cm³/mol. The maximum absolute atomic E-state index is 12.4. The Balaban J connectivity index is 2.43. The van der Waals surface area contributed by atoms with E-state index < -0.39 is 5.60 Å². The molecule has 3 heteroatoms. The van der Waals surface area contributed by atoms with Crippen LogP contribution in [0.2, 0.25) is 0 Å². The summed E-state index contributed by atoms with van der Waals surface area (Å²) in [7, 11) is 0. The summed E-state index contributed by atoms with van der Waals surface area (Å²) in [6.07, 6.45) is 0. The van der Waals surface area contributed by atoms with Crippen LogP contribution in [0.15, 0.2) is 48.5 Å². The van der Waals surface area contributed by atoms with Gasteiger partial charge in [-0.25, -0.2) is 4.79 Å². The molecule has 0 spiro atoms. The molecule has 0 N–H and O–H groups in total. The van der Waals surface area contributed by atoms with Crippen molar-refractivity contribution in [2.24, 2.45) is 0 Å². The van der Waals surface area contributed by atoms with Crippen LogP contribution in [0.3, 0.4) is 0 Å². The maximum atomic E-state index is 12.4. The minimum Gasteiger partial charge on any atom is -0.456 e. The number of esters is 1. The van der Waals surface area contributed by atoms with Gasteiger partial charge in [-0.1, -0.05) is 58.4 Å². The van der Waals surface area contributed by atoms with Crippen LogP contribution in [0.1, 0.15) is 36.7 Å². The molecule has 0 radical (unpaired) electrons. The smallest absolute Gasteiger partial charge is 0.339 e. The van der Waals surface area contributed by atoms with E-state index in [1.54, 1.807) is 0 Å². The fraction of sp³-hybridized carbons (Fsp3) is 0.278. The highest BCUT2D eigenvalue weighted by molar-refractivity contribution is 9.08. The van der Waals surface area contributed by atoms with Crippen molar-refractivity contribution in [3.63, 3.8) is 0 Å². The molecule has 2 rings (SSSR count). The Morgan fingerprint density at radius 1 is 1.10 bits per heavy atom. The molecule has 0 heterocycles. The number of benzene rings is 2. The fourth-order valence-electron chi connectivity index (χ4n) is 2.07. The average Bonchev–Trinajstić information content (AvgIpc) is 2.45. The van der Waals surface area contributed by atoms with Gasteiger partial charge in [-0.05, 0) is 43.5 Å². The number of carbonyl (C=O) groups is 1. The summed E-state index contributed by atoms with van der Waals surface area (Å²) in [6.45, 7) is 5.62. The van der Waals surface area contributed by atoms with Gasteiger partial charge < -0.3 is 4.74 Å². The van der Waals surface area contributed by atoms with Gasteiger partial charge in [0.25, 0.3) is 0 Å². The second kappa shape index (κ2) is 6.44. The molecule has 0 unspecified atom stereocenters. The van der Waals surface area contributed by atoms with Crippen LogP contribution in [0.25, 0.3) is 11.1 Å². The standard InChI is InChI=1S/C18H19BrO2/c1-18(2,3)21-17(20)16-10-5-4-9-15(16)14-8-6-7-13(11-14)12-19/h4-11H,12H2,1-3H3. The van der Waals surface area contributed by atoms with Gasteiger partial charge in [0.05, 0.1) is 5.56 Å². The van der Waals surface area contributed by atoms with Crippen molar-refractivity contribution in [1.29, 1.82) is 0 Å². The van der Waals surface area contributed by atoms with E-state index in [0.29, 0.717) is 5.56 Å². The maximum Gasteiger partial charge on any atom is 0.339 e. The predicted octanol–water partition coefficient (Wildman–Crippen LogP) is 5.20. The van der Waals surface area contributed by atoms with Gasteiger partial charge in [0.2, 0.25) is 0 Å². The van der Waals surface area contributed by atoms with Crippen LogP contribution in [0, 0.1) is 0 Å². The van der Waals surface area contributed by atoms with Crippen molar-refractivity contribution >= 4 is 21.9 Å². The molecule has 0 aliphatic rings. The van der Waals surface area contributed by atoms with Gasteiger partial charge in [-0.15, -0.1) is 0 Å². The third-order valence-electron chi connectivity index (χ3n) is 2.94. The molecule has 2 aromatic rings.